The maximum atomic E-state index is 5.89. The highest BCUT2D eigenvalue weighted by Crippen LogP contribution is 2.55. The van der Waals surface area contributed by atoms with E-state index in [-0.39, 0.29) is 5.54 Å². The molecule has 4 aliphatic carbocycles. The van der Waals surface area contributed by atoms with Gasteiger partial charge in [-0.15, -0.1) is 0 Å². The van der Waals surface area contributed by atoms with Crippen LogP contribution in [0, 0.1) is 17.8 Å². The second-order valence-corrected chi connectivity index (χ2v) is 7.90. The molecule has 0 aromatic rings. The van der Waals surface area contributed by atoms with Gasteiger partial charge in [-0.3, -0.25) is 5.32 Å². The van der Waals surface area contributed by atoms with Crippen LogP contribution in [-0.4, -0.2) is 23.1 Å². The van der Waals surface area contributed by atoms with Crippen molar-refractivity contribution in [3.63, 3.8) is 0 Å². The largest absolute Gasteiger partial charge is 0.370 e. The highest BCUT2D eigenvalue weighted by atomic mass is 15.3. The molecule has 5 heteroatoms. The van der Waals surface area contributed by atoms with Gasteiger partial charge in [0, 0.05) is 5.54 Å². The summed E-state index contributed by atoms with van der Waals surface area (Å²) in [5, 5.41) is 6.84. The summed E-state index contributed by atoms with van der Waals surface area (Å²) in [6.07, 6.45) is 8.27. The van der Waals surface area contributed by atoms with Crippen molar-refractivity contribution in [1.82, 2.24) is 10.6 Å². The zero-order chi connectivity index (χ0) is 14.0. The van der Waals surface area contributed by atoms with Gasteiger partial charge in [-0.25, -0.2) is 9.98 Å². The lowest BCUT2D eigenvalue weighted by Gasteiger charge is -2.57. The fourth-order valence-corrected chi connectivity index (χ4v) is 5.34. The summed E-state index contributed by atoms with van der Waals surface area (Å²) in [5.41, 5.74) is 5.69. The molecule has 4 saturated carbocycles. The lowest BCUT2D eigenvalue weighted by molar-refractivity contribution is -0.0105. The van der Waals surface area contributed by atoms with Crippen LogP contribution >= 0.6 is 0 Å². The van der Waals surface area contributed by atoms with Crippen LogP contribution in [0.3, 0.4) is 0 Å². The summed E-state index contributed by atoms with van der Waals surface area (Å²) in [6, 6.07) is 0. The monoisotopic (exact) mass is 275 g/mol. The van der Waals surface area contributed by atoms with Gasteiger partial charge in [0.05, 0.1) is 0 Å². The molecule has 0 amide bonds. The molecule has 0 aromatic carbocycles. The highest BCUT2D eigenvalue weighted by molar-refractivity contribution is 5.99. The molecule has 1 heterocycles. The fraction of sp³-hybridized carbons (Fsp3) is 0.867. The van der Waals surface area contributed by atoms with Crippen LogP contribution in [0.25, 0.3) is 0 Å². The molecule has 0 radical (unpaired) electrons. The zero-order valence-electron chi connectivity index (χ0n) is 12.4. The number of nitrogens with zero attached hydrogens (tertiary/aromatic N) is 2. The van der Waals surface area contributed by atoms with E-state index >= 15 is 0 Å². The quantitative estimate of drug-likeness (QED) is 0.680. The number of hydrogen-bond donors (Lipinski definition) is 3. The Morgan fingerprint density at radius 2 is 1.60 bits per heavy atom. The van der Waals surface area contributed by atoms with E-state index in [0.29, 0.717) is 5.96 Å². The van der Waals surface area contributed by atoms with E-state index in [9.17, 15) is 0 Å². The predicted octanol–water partition coefficient (Wildman–Crippen LogP) is 1.55. The van der Waals surface area contributed by atoms with E-state index < -0.39 is 5.66 Å². The van der Waals surface area contributed by atoms with E-state index in [4.69, 9.17) is 5.73 Å². The maximum absolute atomic E-state index is 5.89. The molecule has 5 aliphatic rings. The number of aliphatic imine (C=N–C) groups is 2. The Labute approximate surface area is 120 Å². The maximum Gasteiger partial charge on any atom is 0.200 e. The van der Waals surface area contributed by atoms with Crippen LogP contribution in [-0.2, 0) is 0 Å². The average molecular weight is 275 g/mol. The first-order valence-corrected chi connectivity index (χ1v) is 7.92. The van der Waals surface area contributed by atoms with Gasteiger partial charge in [0.2, 0.25) is 5.96 Å². The predicted molar refractivity (Wildman–Crippen MR) is 80.3 cm³/mol. The van der Waals surface area contributed by atoms with Crippen molar-refractivity contribution >= 4 is 11.9 Å². The molecule has 0 spiro atoms. The van der Waals surface area contributed by atoms with Crippen molar-refractivity contribution in [1.29, 1.82) is 0 Å². The van der Waals surface area contributed by atoms with Crippen molar-refractivity contribution in [2.75, 3.05) is 0 Å². The van der Waals surface area contributed by atoms with Crippen LogP contribution in [0.5, 0.6) is 0 Å². The minimum absolute atomic E-state index is 0.258. The van der Waals surface area contributed by atoms with E-state index in [1.807, 2.05) is 13.8 Å². The Morgan fingerprint density at radius 1 is 1.05 bits per heavy atom. The highest BCUT2D eigenvalue weighted by Gasteiger charge is 2.51. The summed E-state index contributed by atoms with van der Waals surface area (Å²) in [4.78, 5) is 8.98. The van der Waals surface area contributed by atoms with Gasteiger partial charge in [0.25, 0.3) is 0 Å². The first-order valence-electron chi connectivity index (χ1n) is 7.92. The molecule has 4 bridgehead atoms. The molecule has 0 atom stereocenters. The Morgan fingerprint density at radius 3 is 2.10 bits per heavy atom. The first kappa shape index (κ1) is 12.5. The van der Waals surface area contributed by atoms with Crippen LogP contribution in [0.15, 0.2) is 9.98 Å². The third kappa shape index (κ3) is 2.07. The van der Waals surface area contributed by atoms with Gasteiger partial charge in [-0.2, -0.15) is 0 Å². The Hall–Kier alpha value is -1.26. The van der Waals surface area contributed by atoms with Crippen molar-refractivity contribution in [3.8, 4) is 0 Å². The molecule has 4 fully saturated rings. The number of nitrogens with one attached hydrogen (secondary N) is 2. The van der Waals surface area contributed by atoms with Gasteiger partial charge >= 0.3 is 0 Å². The molecule has 5 nitrogen and oxygen atoms in total. The Balaban J connectivity index is 1.56. The molecule has 20 heavy (non-hydrogen) atoms. The second-order valence-electron chi connectivity index (χ2n) is 7.90. The minimum Gasteiger partial charge on any atom is -0.370 e. The summed E-state index contributed by atoms with van der Waals surface area (Å²) >= 11 is 0. The average Bonchev–Trinajstić information content (AvgIpc) is 2.21. The Bertz CT molecular complexity index is 455. The standard InChI is InChI=1S/C15H25N5/c1-14(2)18-12(16)17-13(19-14)20-15-6-9-3-10(7-15)5-11(4-9)8-15/h9-11H,3-8H2,1-2H3,(H4,16,17,18,19,20). The topological polar surface area (TPSA) is 74.8 Å². The first-order chi connectivity index (χ1) is 9.41. The molecule has 1 aliphatic heterocycles. The lowest BCUT2D eigenvalue weighted by Crippen LogP contribution is -2.63. The van der Waals surface area contributed by atoms with Crippen molar-refractivity contribution in [3.05, 3.63) is 0 Å². The molecule has 0 aromatic heterocycles. The van der Waals surface area contributed by atoms with Gasteiger partial charge in [-0.1, -0.05) is 0 Å². The van der Waals surface area contributed by atoms with Crippen molar-refractivity contribution < 1.29 is 0 Å². The third-order valence-corrected chi connectivity index (χ3v) is 5.45. The van der Waals surface area contributed by atoms with Gasteiger partial charge < -0.3 is 11.1 Å². The van der Waals surface area contributed by atoms with E-state index in [1.54, 1.807) is 0 Å². The van der Waals surface area contributed by atoms with E-state index in [2.05, 4.69) is 20.6 Å². The van der Waals surface area contributed by atoms with Crippen molar-refractivity contribution in [2.45, 2.75) is 63.6 Å². The van der Waals surface area contributed by atoms with Crippen LogP contribution in [0.2, 0.25) is 0 Å². The number of guanidine groups is 2. The smallest absolute Gasteiger partial charge is 0.200 e. The van der Waals surface area contributed by atoms with Gasteiger partial charge in [0.15, 0.2) is 11.6 Å². The minimum atomic E-state index is -0.458. The number of rotatable bonds is 1. The van der Waals surface area contributed by atoms with Gasteiger partial charge in [-0.05, 0) is 70.1 Å². The summed E-state index contributed by atoms with van der Waals surface area (Å²) in [7, 11) is 0. The number of nitrogens with two attached hydrogens (primary N) is 1. The second kappa shape index (κ2) is 3.89. The fourth-order valence-electron chi connectivity index (χ4n) is 5.34. The van der Waals surface area contributed by atoms with Crippen LogP contribution in [0.4, 0.5) is 0 Å². The molecular formula is C15H25N5. The summed E-state index contributed by atoms with van der Waals surface area (Å²) in [6.45, 7) is 3.98. The summed E-state index contributed by atoms with van der Waals surface area (Å²) < 4.78 is 0. The summed E-state index contributed by atoms with van der Waals surface area (Å²) in [5.74, 6) is 4.08. The molecule has 4 N–H and O–H groups in total. The van der Waals surface area contributed by atoms with E-state index in [0.717, 1.165) is 23.7 Å². The number of hydrogen-bond acceptors (Lipinski definition) is 5. The molecule has 5 rings (SSSR count). The molecule has 110 valence electrons. The van der Waals surface area contributed by atoms with Crippen LogP contribution < -0.4 is 16.4 Å². The lowest BCUT2D eigenvalue weighted by atomic mass is 9.53. The zero-order valence-corrected chi connectivity index (χ0v) is 12.4. The normalized spacial score (nSPS) is 44.6. The van der Waals surface area contributed by atoms with Gasteiger partial charge in [0.1, 0.15) is 0 Å². The molecular weight excluding hydrogens is 250 g/mol. The van der Waals surface area contributed by atoms with Crippen LogP contribution in [0.1, 0.15) is 52.4 Å². The molecule has 0 saturated heterocycles. The van der Waals surface area contributed by atoms with Crippen molar-refractivity contribution in [2.24, 2.45) is 33.5 Å². The third-order valence-electron chi connectivity index (χ3n) is 5.45. The molecule has 0 unspecified atom stereocenters. The Kier molecular flexibility index (Phi) is 2.43. The SMILES string of the molecule is CC1(C)N=C(N)NC(NC23CC4CC(CC(C4)C2)C3)=N1. The van der Waals surface area contributed by atoms with E-state index in [1.165, 1.54) is 38.5 Å².